The molecule has 0 spiro atoms. The fourth-order valence-electron chi connectivity index (χ4n) is 2.20. The number of carbonyl (C=O) groups excluding carboxylic acids is 1. The zero-order valence-corrected chi connectivity index (χ0v) is 13.5. The monoisotopic (exact) mass is 335 g/mol. The van der Waals surface area contributed by atoms with Crippen molar-refractivity contribution >= 4 is 23.1 Å². The van der Waals surface area contributed by atoms with Crippen LogP contribution in [0, 0.1) is 5.82 Å². The van der Waals surface area contributed by atoms with E-state index in [0.717, 1.165) is 9.13 Å². The normalized spacial score (nSPS) is 10.5. The van der Waals surface area contributed by atoms with Crippen LogP contribution in [-0.4, -0.2) is 29.1 Å². The summed E-state index contributed by atoms with van der Waals surface area (Å²) in [7, 11) is 4.64. The van der Waals surface area contributed by atoms with Gasteiger partial charge in [-0.05, 0) is 24.3 Å². The van der Waals surface area contributed by atoms with Gasteiger partial charge >= 0.3 is 5.69 Å². The van der Waals surface area contributed by atoms with Crippen molar-refractivity contribution in [1.82, 2.24) is 9.13 Å². The highest BCUT2D eigenvalue weighted by molar-refractivity contribution is 5.90. The maximum Gasteiger partial charge on any atom is 0.332 e. The molecule has 8 nitrogen and oxygen atoms in total. The Morgan fingerprint density at radius 1 is 1.25 bits per heavy atom. The molecule has 1 amide bonds. The Labute approximate surface area is 136 Å². The first kappa shape index (κ1) is 17.3. The zero-order chi connectivity index (χ0) is 18.0. The second-order valence-electron chi connectivity index (χ2n) is 5.42. The largest absolute Gasteiger partial charge is 0.383 e. The quantitative estimate of drug-likeness (QED) is 0.817. The highest BCUT2D eigenvalue weighted by atomic mass is 19.1. The van der Waals surface area contributed by atoms with Gasteiger partial charge in [-0.25, -0.2) is 13.8 Å². The molecule has 0 aliphatic carbocycles. The Bertz CT molecular complexity index is 884. The number of anilines is 3. The molecule has 0 aliphatic heterocycles. The summed E-state index contributed by atoms with van der Waals surface area (Å²) in [4.78, 5) is 38.2. The van der Waals surface area contributed by atoms with Crippen LogP contribution >= 0.6 is 0 Å². The van der Waals surface area contributed by atoms with E-state index in [2.05, 4.69) is 5.32 Å². The van der Waals surface area contributed by atoms with E-state index in [1.54, 1.807) is 14.1 Å². The highest BCUT2D eigenvalue weighted by Gasteiger charge is 2.18. The predicted octanol–water partition coefficient (Wildman–Crippen LogP) is -0.0270. The highest BCUT2D eigenvalue weighted by Crippen LogP contribution is 2.12. The molecule has 9 heteroatoms. The average Bonchev–Trinajstić information content (AvgIpc) is 2.51. The molecule has 0 saturated heterocycles. The molecule has 2 aromatic rings. The van der Waals surface area contributed by atoms with Crippen LogP contribution < -0.4 is 27.2 Å². The Hall–Kier alpha value is -3.10. The molecule has 0 aliphatic rings. The van der Waals surface area contributed by atoms with Gasteiger partial charge in [-0.3, -0.25) is 14.2 Å². The number of amides is 1. The molecule has 3 N–H and O–H groups in total. The van der Waals surface area contributed by atoms with Gasteiger partial charge in [0.25, 0.3) is 5.56 Å². The van der Waals surface area contributed by atoms with E-state index in [1.165, 1.54) is 36.2 Å². The van der Waals surface area contributed by atoms with E-state index < -0.39 is 29.5 Å². The third-order valence-electron chi connectivity index (χ3n) is 3.45. The minimum atomic E-state index is -0.697. The number of halogens is 1. The van der Waals surface area contributed by atoms with Crippen LogP contribution in [-0.2, 0) is 18.4 Å². The zero-order valence-electron chi connectivity index (χ0n) is 13.5. The molecule has 0 bridgehead atoms. The van der Waals surface area contributed by atoms with Crippen LogP contribution in [0.25, 0.3) is 0 Å². The first-order chi connectivity index (χ1) is 11.2. The number of aromatic nitrogens is 2. The molecule has 2 rings (SSSR count). The number of nitrogens with two attached hydrogens (primary N) is 1. The summed E-state index contributed by atoms with van der Waals surface area (Å²) in [5.41, 5.74) is 4.91. The van der Waals surface area contributed by atoms with Crippen molar-refractivity contribution in [3.05, 3.63) is 50.9 Å². The van der Waals surface area contributed by atoms with Gasteiger partial charge in [-0.15, -0.1) is 0 Å². The van der Waals surface area contributed by atoms with Crippen molar-refractivity contribution in [2.75, 3.05) is 30.0 Å². The molecule has 1 heterocycles. The van der Waals surface area contributed by atoms with Gasteiger partial charge < -0.3 is 16.0 Å². The molecular weight excluding hydrogens is 317 g/mol. The molecule has 128 valence electrons. The Morgan fingerprint density at radius 3 is 2.38 bits per heavy atom. The summed E-state index contributed by atoms with van der Waals surface area (Å²) >= 11 is 0. The fourth-order valence-corrected chi connectivity index (χ4v) is 2.20. The minimum Gasteiger partial charge on any atom is -0.383 e. The third kappa shape index (κ3) is 3.29. The van der Waals surface area contributed by atoms with Gasteiger partial charge in [0, 0.05) is 26.8 Å². The average molecular weight is 335 g/mol. The molecule has 0 atom stereocenters. The number of nitrogen functional groups attached to an aromatic ring is 1. The van der Waals surface area contributed by atoms with E-state index in [-0.39, 0.29) is 11.5 Å². The minimum absolute atomic E-state index is 0.0187. The van der Waals surface area contributed by atoms with E-state index in [4.69, 9.17) is 5.73 Å². The van der Waals surface area contributed by atoms with E-state index in [0.29, 0.717) is 5.69 Å². The number of nitrogens with zero attached hydrogens (tertiary/aromatic N) is 3. The Balaban J connectivity index is 2.35. The summed E-state index contributed by atoms with van der Waals surface area (Å²) in [6.45, 7) is -0.482. The van der Waals surface area contributed by atoms with Gasteiger partial charge in [0.15, 0.2) is 0 Å². The Kier molecular flexibility index (Phi) is 4.72. The Morgan fingerprint density at radius 2 is 1.83 bits per heavy atom. The van der Waals surface area contributed by atoms with Crippen molar-refractivity contribution in [3.8, 4) is 0 Å². The van der Waals surface area contributed by atoms with Crippen molar-refractivity contribution in [3.63, 3.8) is 0 Å². The van der Waals surface area contributed by atoms with Crippen molar-refractivity contribution in [2.45, 2.75) is 6.54 Å². The van der Waals surface area contributed by atoms with Crippen molar-refractivity contribution < 1.29 is 9.18 Å². The van der Waals surface area contributed by atoms with Crippen LogP contribution in [0.15, 0.2) is 33.9 Å². The summed E-state index contributed by atoms with van der Waals surface area (Å²) in [6, 6.07) is 5.13. The number of hydrogen-bond donors (Lipinski definition) is 2. The maximum atomic E-state index is 12.9. The molecule has 1 aromatic heterocycles. The molecule has 0 fully saturated rings. The molecule has 24 heavy (non-hydrogen) atoms. The number of benzene rings is 1. The smallest absolute Gasteiger partial charge is 0.332 e. The lowest BCUT2D eigenvalue weighted by Gasteiger charge is -2.18. The first-order valence-corrected chi connectivity index (χ1v) is 7.04. The fraction of sp³-hybridized carbons (Fsp3) is 0.267. The van der Waals surface area contributed by atoms with Crippen molar-refractivity contribution in [2.24, 2.45) is 7.05 Å². The van der Waals surface area contributed by atoms with Gasteiger partial charge in [-0.2, -0.15) is 0 Å². The SMILES string of the molecule is CN(C)c1c(N)n(C)c(=O)n(CC(=O)Nc2ccc(F)cc2)c1=O. The summed E-state index contributed by atoms with van der Waals surface area (Å²) in [5, 5.41) is 2.50. The second kappa shape index (κ2) is 6.57. The maximum absolute atomic E-state index is 12.9. The first-order valence-electron chi connectivity index (χ1n) is 7.04. The van der Waals surface area contributed by atoms with Gasteiger partial charge in [0.05, 0.1) is 0 Å². The van der Waals surface area contributed by atoms with E-state index in [1.807, 2.05) is 0 Å². The van der Waals surface area contributed by atoms with Crippen molar-refractivity contribution in [1.29, 1.82) is 0 Å². The number of rotatable bonds is 4. The predicted molar refractivity (Wildman–Crippen MR) is 89.7 cm³/mol. The van der Waals surface area contributed by atoms with Gasteiger partial charge in [0.1, 0.15) is 23.9 Å². The lowest BCUT2D eigenvalue weighted by Crippen LogP contribution is -2.44. The molecule has 0 saturated carbocycles. The lowest BCUT2D eigenvalue weighted by molar-refractivity contribution is -0.116. The van der Waals surface area contributed by atoms with E-state index >= 15 is 0 Å². The topological polar surface area (TPSA) is 102 Å². The van der Waals surface area contributed by atoms with Crippen LogP contribution in [0.4, 0.5) is 21.6 Å². The molecular formula is C15H18FN5O3. The molecule has 0 radical (unpaired) electrons. The van der Waals surface area contributed by atoms with Gasteiger partial charge in [-0.1, -0.05) is 0 Å². The third-order valence-corrected chi connectivity index (χ3v) is 3.45. The van der Waals surface area contributed by atoms with E-state index in [9.17, 15) is 18.8 Å². The number of hydrogen-bond acceptors (Lipinski definition) is 5. The van der Waals surface area contributed by atoms with Crippen LogP contribution in [0.3, 0.4) is 0 Å². The summed E-state index contributed by atoms with van der Waals surface area (Å²) in [5.74, 6) is -1.01. The standard InChI is InChI=1S/C15H18FN5O3/c1-19(2)12-13(17)20(3)15(24)21(14(12)23)8-11(22)18-10-6-4-9(16)5-7-10/h4-7H,8,17H2,1-3H3,(H,18,22). The molecule has 0 unspecified atom stereocenters. The lowest BCUT2D eigenvalue weighted by atomic mass is 10.3. The van der Waals surface area contributed by atoms with Gasteiger partial charge in [0.2, 0.25) is 5.91 Å². The van der Waals surface area contributed by atoms with Crippen LogP contribution in [0.1, 0.15) is 0 Å². The molecule has 1 aromatic carbocycles. The number of carbonyl (C=O) groups is 1. The van der Waals surface area contributed by atoms with Crippen LogP contribution in [0.5, 0.6) is 0 Å². The van der Waals surface area contributed by atoms with Crippen LogP contribution in [0.2, 0.25) is 0 Å². The summed E-state index contributed by atoms with van der Waals surface area (Å²) < 4.78 is 14.8. The summed E-state index contributed by atoms with van der Waals surface area (Å²) in [6.07, 6.45) is 0. The second-order valence-corrected chi connectivity index (χ2v) is 5.42. The number of nitrogens with one attached hydrogen (secondary N) is 1.